The molecule has 2 aromatic carbocycles. The lowest BCUT2D eigenvalue weighted by Crippen LogP contribution is -2.38. The van der Waals surface area contributed by atoms with Crippen molar-refractivity contribution in [1.82, 2.24) is 14.9 Å². The number of nitrogens with zero attached hydrogens (tertiary/aromatic N) is 2. The summed E-state index contributed by atoms with van der Waals surface area (Å²) >= 11 is 0. The summed E-state index contributed by atoms with van der Waals surface area (Å²) in [5.41, 5.74) is 4.76. The van der Waals surface area contributed by atoms with E-state index in [1.807, 2.05) is 24.3 Å². The Balaban J connectivity index is 1.56. The van der Waals surface area contributed by atoms with Gasteiger partial charge in [-0.1, -0.05) is 19.1 Å². The maximum atomic E-state index is 14.5. The second-order valence-corrected chi connectivity index (χ2v) is 8.72. The van der Waals surface area contributed by atoms with Gasteiger partial charge in [-0.15, -0.1) is 0 Å². The quantitative estimate of drug-likeness (QED) is 0.499. The summed E-state index contributed by atoms with van der Waals surface area (Å²) in [6.07, 6.45) is 5.51. The van der Waals surface area contributed by atoms with E-state index in [1.165, 1.54) is 6.07 Å². The molecular formula is C26H28FN5O. The summed E-state index contributed by atoms with van der Waals surface area (Å²) < 4.78 is 14.5. The van der Waals surface area contributed by atoms with Gasteiger partial charge in [0.25, 0.3) is 5.91 Å². The van der Waals surface area contributed by atoms with Crippen LogP contribution in [0.25, 0.3) is 11.1 Å². The van der Waals surface area contributed by atoms with Gasteiger partial charge in [0.05, 0.1) is 5.57 Å². The Labute approximate surface area is 192 Å². The predicted molar refractivity (Wildman–Crippen MR) is 129 cm³/mol. The number of anilines is 2. The average molecular weight is 446 g/mol. The van der Waals surface area contributed by atoms with E-state index in [9.17, 15) is 9.18 Å². The van der Waals surface area contributed by atoms with Crippen molar-refractivity contribution in [2.45, 2.75) is 32.7 Å². The summed E-state index contributed by atoms with van der Waals surface area (Å²) in [7, 11) is 0. The van der Waals surface area contributed by atoms with Gasteiger partial charge in [-0.3, -0.25) is 4.79 Å². The molecule has 2 aliphatic rings. The zero-order valence-corrected chi connectivity index (χ0v) is 18.9. The number of nitrogens with one attached hydrogen (secondary N) is 3. The molecule has 170 valence electrons. The highest BCUT2D eigenvalue weighted by Gasteiger charge is 2.30. The number of aromatic nitrogens is 2. The van der Waals surface area contributed by atoms with Crippen molar-refractivity contribution in [1.29, 1.82) is 0 Å². The number of rotatable bonds is 5. The number of carbonyl (C=O) groups is 1. The van der Waals surface area contributed by atoms with Gasteiger partial charge in [0.15, 0.2) is 0 Å². The van der Waals surface area contributed by atoms with Crippen LogP contribution in [0.1, 0.15) is 42.3 Å². The molecule has 33 heavy (non-hydrogen) atoms. The molecule has 3 heterocycles. The number of aryl methyl sites for hydroxylation is 1. The fourth-order valence-electron chi connectivity index (χ4n) is 4.68. The third kappa shape index (κ3) is 4.16. The maximum absolute atomic E-state index is 14.5. The molecule has 0 unspecified atom stereocenters. The summed E-state index contributed by atoms with van der Waals surface area (Å²) in [5, 5.41) is 6.61. The average Bonchev–Trinajstić information content (AvgIpc) is 3.45. The van der Waals surface area contributed by atoms with Crippen LogP contribution < -0.4 is 10.6 Å². The van der Waals surface area contributed by atoms with Crippen molar-refractivity contribution in [2.24, 2.45) is 0 Å². The molecule has 0 atom stereocenters. The normalized spacial score (nSPS) is 18.2. The molecule has 1 aromatic heterocycles. The molecule has 3 N–H and O–H groups in total. The highest BCUT2D eigenvalue weighted by Crippen LogP contribution is 2.40. The first kappa shape index (κ1) is 21.4. The number of hydrogen-bond donors (Lipinski definition) is 3. The number of amides is 1. The number of carbonyl (C=O) groups excluding carboxylic acids is 1. The SMILES string of the molecule is CCN1CCC(Nc2ccc3c(c2)/C(=C(\c2ccc(C)c(F)c2)c2ncc[nH]2)C(=O)N3)CC1. The van der Waals surface area contributed by atoms with Crippen molar-refractivity contribution in [3.63, 3.8) is 0 Å². The third-order valence-corrected chi connectivity index (χ3v) is 6.62. The summed E-state index contributed by atoms with van der Waals surface area (Å²) in [4.78, 5) is 23.1. The Morgan fingerprint density at radius 1 is 1.21 bits per heavy atom. The molecular weight excluding hydrogens is 417 g/mol. The van der Waals surface area contributed by atoms with Gasteiger partial charge >= 0.3 is 0 Å². The van der Waals surface area contributed by atoms with Gasteiger partial charge < -0.3 is 20.5 Å². The highest BCUT2D eigenvalue weighted by atomic mass is 19.1. The number of fused-ring (bicyclic) bond motifs is 1. The first-order valence-corrected chi connectivity index (χ1v) is 11.5. The third-order valence-electron chi connectivity index (χ3n) is 6.62. The first-order valence-electron chi connectivity index (χ1n) is 11.5. The lowest BCUT2D eigenvalue weighted by atomic mass is 9.93. The number of likely N-dealkylation sites (tertiary alicyclic amines) is 1. The molecule has 0 saturated carbocycles. The van der Waals surface area contributed by atoms with Gasteiger partial charge in [0.2, 0.25) is 0 Å². The lowest BCUT2D eigenvalue weighted by molar-refractivity contribution is -0.110. The molecule has 0 bridgehead atoms. The second kappa shape index (κ2) is 8.83. The minimum Gasteiger partial charge on any atom is -0.382 e. The van der Waals surface area contributed by atoms with Crippen molar-refractivity contribution >= 4 is 28.4 Å². The molecule has 0 aliphatic carbocycles. The topological polar surface area (TPSA) is 73.0 Å². The van der Waals surface area contributed by atoms with Crippen LogP contribution in [-0.2, 0) is 4.79 Å². The van der Waals surface area contributed by atoms with E-state index >= 15 is 0 Å². The Hall–Kier alpha value is -3.45. The van der Waals surface area contributed by atoms with Crippen LogP contribution in [0.2, 0.25) is 0 Å². The lowest BCUT2D eigenvalue weighted by Gasteiger charge is -2.32. The summed E-state index contributed by atoms with van der Waals surface area (Å²) in [5.74, 6) is -0.00281. The van der Waals surface area contributed by atoms with Crippen LogP contribution in [-0.4, -0.2) is 46.5 Å². The Kier molecular flexibility index (Phi) is 5.72. The summed E-state index contributed by atoms with van der Waals surface area (Å²) in [6.45, 7) is 7.18. The van der Waals surface area contributed by atoms with Gasteiger partial charge in [-0.25, -0.2) is 9.37 Å². The van der Waals surface area contributed by atoms with Gasteiger partial charge in [0.1, 0.15) is 11.6 Å². The van der Waals surface area contributed by atoms with E-state index in [1.54, 1.807) is 25.4 Å². The molecule has 1 fully saturated rings. The number of halogens is 1. The number of H-pyrrole nitrogens is 1. The fraction of sp³-hybridized carbons (Fsp3) is 0.308. The van der Waals surface area contributed by atoms with Gasteiger partial charge in [-0.2, -0.15) is 0 Å². The van der Waals surface area contributed by atoms with Crippen molar-refractivity contribution < 1.29 is 9.18 Å². The molecule has 0 spiro atoms. The van der Waals surface area contributed by atoms with Crippen LogP contribution in [0.4, 0.5) is 15.8 Å². The van der Waals surface area contributed by atoms with Crippen LogP contribution in [0.3, 0.4) is 0 Å². The van der Waals surface area contributed by atoms with E-state index in [0.717, 1.165) is 49.4 Å². The number of aromatic amines is 1. The standard InChI is InChI=1S/C26H28FN5O/c1-3-32-12-8-18(9-13-32)30-19-6-7-22-20(15-19)24(26(33)31-22)23(25-28-10-11-29-25)17-5-4-16(2)21(27)14-17/h4-7,10-11,14-15,18,30H,3,8-9,12-13H2,1-2H3,(H,28,29)(H,31,33)/b24-23-. The zero-order valence-electron chi connectivity index (χ0n) is 18.9. The van der Waals surface area contributed by atoms with E-state index in [0.29, 0.717) is 34.1 Å². The molecule has 1 amide bonds. The Bertz CT molecular complexity index is 1210. The molecule has 5 rings (SSSR count). The number of imidazole rings is 1. The maximum Gasteiger partial charge on any atom is 0.257 e. The van der Waals surface area contributed by atoms with Crippen LogP contribution in [0.15, 0.2) is 48.8 Å². The smallest absolute Gasteiger partial charge is 0.257 e. The van der Waals surface area contributed by atoms with Crippen LogP contribution in [0, 0.1) is 12.7 Å². The predicted octanol–water partition coefficient (Wildman–Crippen LogP) is 4.66. The van der Waals surface area contributed by atoms with E-state index in [4.69, 9.17) is 0 Å². The van der Waals surface area contributed by atoms with Crippen LogP contribution >= 0.6 is 0 Å². The number of hydrogen-bond acceptors (Lipinski definition) is 4. The highest BCUT2D eigenvalue weighted by molar-refractivity contribution is 6.38. The minimum absolute atomic E-state index is 0.217. The van der Waals surface area contributed by atoms with E-state index in [2.05, 4.69) is 32.4 Å². The van der Waals surface area contributed by atoms with Crippen LogP contribution in [0.5, 0.6) is 0 Å². The van der Waals surface area contributed by atoms with Crippen molar-refractivity contribution in [3.05, 3.63) is 77.1 Å². The number of benzene rings is 2. The molecule has 3 aromatic rings. The van der Waals surface area contributed by atoms with Gasteiger partial charge in [0, 0.05) is 54.0 Å². The zero-order chi connectivity index (χ0) is 22.9. The first-order chi connectivity index (χ1) is 16.0. The van der Waals surface area contributed by atoms with E-state index < -0.39 is 0 Å². The monoisotopic (exact) mass is 445 g/mol. The molecule has 1 saturated heterocycles. The molecule has 6 nitrogen and oxygen atoms in total. The minimum atomic E-state index is -0.315. The fourth-order valence-corrected chi connectivity index (χ4v) is 4.68. The Morgan fingerprint density at radius 3 is 2.73 bits per heavy atom. The Morgan fingerprint density at radius 2 is 2.03 bits per heavy atom. The second-order valence-electron chi connectivity index (χ2n) is 8.72. The van der Waals surface area contributed by atoms with Crippen molar-refractivity contribution in [2.75, 3.05) is 30.3 Å². The van der Waals surface area contributed by atoms with Crippen molar-refractivity contribution in [3.8, 4) is 0 Å². The molecule has 7 heteroatoms. The number of piperidine rings is 1. The molecule has 2 aliphatic heterocycles. The van der Waals surface area contributed by atoms with E-state index in [-0.39, 0.29) is 11.7 Å². The molecule has 0 radical (unpaired) electrons. The summed E-state index contributed by atoms with van der Waals surface area (Å²) in [6, 6.07) is 11.4. The largest absolute Gasteiger partial charge is 0.382 e. The van der Waals surface area contributed by atoms with Gasteiger partial charge in [-0.05, 0) is 61.7 Å².